The van der Waals surface area contributed by atoms with Gasteiger partial charge in [0, 0.05) is 41.8 Å². The van der Waals surface area contributed by atoms with E-state index in [0.717, 1.165) is 6.42 Å². The van der Waals surface area contributed by atoms with Gasteiger partial charge in [-0.05, 0) is 43.2 Å². The van der Waals surface area contributed by atoms with Crippen LogP contribution in [0.3, 0.4) is 0 Å². The van der Waals surface area contributed by atoms with Gasteiger partial charge in [-0.2, -0.15) is 0 Å². The number of nitrogens with one attached hydrogen (secondary N) is 1. The predicted molar refractivity (Wildman–Crippen MR) is 156 cm³/mol. The van der Waals surface area contributed by atoms with Gasteiger partial charge in [-0.15, -0.1) is 0 Å². The summed E-state index contributed by atoms with van der Waals surface area (Å²) in [7, 11) is 1.41. The molecule has 1 fully saturated rings. The molecule has 2 aliphatic heterocycles. The summed E-state index contributed by atoms with van der Waals surface area (Å²) in [6.07, 6.45) is 0.782. The van der Waals surface area contributed by atoms with E-state index < -0.39 is 41.6 Å². The number of amides is 2. The number of aldehydes is 1. The molecule has 2 aromatic carbocycles. The number of rotatable bonds is 9. The molecule has 12 nitrogen and oxygen atoms in total. The third kappa shape index (κ3) is 5.25. The van der Waals surface area contributed by atoms with Gasteiger partial charge < -0.3 is 39.1 Å². The third-order valence-electron chi connectivity index (χ3n) is 8.33. The number of hydrogen-bond donors (Lipinski definition) is 3. The smallest absolute Gasteiger partial charge is 0.349 e. The summed E-state index contributed by atoms with van der Waals surface area (Å²) in [5, 5.41) is 24.4. The average molecular weight is 605 g/mol. The minimum atomic E-state index is -1.37. The van der Waals surface area contributed by atoms with Crippen LogP contribution in [-0.2, 0) is 9.53 Å². The monoisotopic (exact) mass is 604 g/mol. The number of nitrogens with zero attached hydrogens (tertiary/aromatic N) is 1. The summed E-state index contributed by atoms with van der Waals surface area (Å²) < 4.78 is 23.0. The standard InChI is InChI=1S/C32H32N2O10/c1-41-25-12-17(16-36)11-20-26-21(30(38)33-8-9-35)14-23(27(37)29(26)44-28(20)25)34(15-19-6-4-10-42-19)31(39)22-13-18-5-2-3-7-24(18)43-32(22)40/h2-3,5,7,11-14,16,19,23,26-27,29,35,37H,4,6,8-10,15H2,1H3,(H,33,38)/t19-,23+,26-,27-,29-/m0/s1. The van der Waals surface area contributed by atoms with Crippen LogP contribution in [0.4, 0.5) is 0 Å². The zero-order valence-corrected chi connectivity index (χ0v) is 23.9. The lowest BCUT2D eigenvalue weighted by Gasteiger charge is -2.41. The largest absolute Gasteiger partial charge is 0.493 e. The minimum Gasteiger partial charge on any atom is -0.493 e. The normalized spacial score (nSPS) is 23.7. The molecule has 0 bridgehead atoms. The molecular formula is C32H32N2O10. The van der Waals surface area contributed by atoms with E-state index in [2.05, 4.69) is 5.32 Å². The minimum absolute atomic E-state index is 0.0256. The molecule has 0 radical (unpaired) electrons. The Morgan fingerprint density at radius 3 is 2.75 bits per heavy atom. The molecule has 6 rings (SSSR count). The highest BCUT2D eigenvalue weighted by Gasteiger charge is 2.52. The van der Waals surface area contributed by atoms with Gasteiger partial charge in [0.25, 0.3) is 5.91 Å². The van der Waals surface area contributed by atoms with Crippen LogP contribution in [0, 0.1) is 0 Å². The van der Waals surface area contributed by atoms with Crippen molar-refractivity contribution in [3.63, 3.8) is 0 Å². The van der Waals surface area contributed by atoms with Gasteiger partial charge in [-0.1, -0.05) is 18.2 Å². The molecule has 3 heterocycles. The molecule has 3 aliphatic rings. The fourth-order valence-corrected chi connectivity index (χ4v) is 6.27. The number of fused-ring (bicyclic) bond motifs is 4. The number of aliphatic hydroxyl groups excluding tert-OH is 2. The van der Waals surface area contributed by atoms with Crippen molar-refractivity contribution >= 4 is 29.1 Å². The van der Waals surface area contributed by atoms with Crippen LogP contribution >= 0.6 is 0 Å². The second kappa shape index (κ2) is 12.2. The van der Waals surface area contributed by atoms with Crippen molar-refractivity contribution < 1.29 is 43.2 Å². The van der Waals surface area contributed by atoms with Crippen molar-refractivity contribution in [1.29, 1.82) is 0 Å². The van der Waals surface area contributed by atoms with E-state index in [0.29, 0.717) is 35.8 Å². The van der Waals surface area contributed by atoms with Crippen molar-refractivity contribution in [2.45, 2.75) is 43.1 Å². The zero-order valence-electron chi connectivity index (χ0n) is 23.9. The van der Waals surface area contributed by atoms with Crippen LogP contribution in [0.1, 0.15) is 45.0 Å². The summed E-state index contributed by atoms with van der Waals surface area (Å²) in [5.74, 6) is -1.56. The lowest BCUT2D eigenvalue weighted by Crippen LogP contribution is -2.57. The summed E-state index contributed by atoms with van der Waals surface area (Å²) in [6.45, 7) is 0.183. The Balaban J connectivity index is 1.47. The van der Waals surface area contributed by atoms with Crippen molar-refractivity contribution in [3.8, 4) is 11.5 Å². The number of benzene rings is 2. The predicted octanol–water partition coefficient (Wildman–Crippen LogP) is 1.56. The zero-order chi connectivity index (χ0) is 31.0. The molecule has 44 heavy (non-hydrogen) atoms. The van der Waals surface area contributed by atoms with E-state index in [4.69, 9.17) is 18.6 Å². The highest BCUT2D eigenvalue weighted by molar-refractivity contribution is 5.99. The molecule has 5 atom stereocenters. The molecule has 1 aromatic heterocycles. The van der Waals surface area contributed by atoms with Crippen molar-refractivity contribution in [1.82, 2.24) is 10.2 Å². The van der Waals surface area contributed by atoms with Crippen LogP contribution in [0.15, 0.2) is 63.3 Å². The van der Waals surface area contributed by atoms with Gasteiger partial charge in [-0.3, -0.25) is 14.4 Å². The molecule has 0 spiro atoms. The molecule has 0 saturated carbocycles. The number of carbonyl (C=O) groups is 3. The lowest BCUT2D eigenvalue weighted by atomic mass is 9.77. The molecule has 0 unspecified atom stereocenters. The van der Waals surface area contributed by atoms with Crippen LogP contribution in [0.5, 0.6) is 11.5 Å². The Kier molecular flexibility index (Phi) is 8.21. The number of ether oxygens (including phenoxy) is 3. The van der Waals surface area contributed by atoms with Gasteiger partial charge in [0.15, 0.2) is 11.5 Å². The van der Waals surface area contributed by atoms with E-state index in [1.807, 2.05) is 0 Å². The van der Waals surface area contributed by atoms with E-state index in [9.17, 15) is 29.4 Å². The maximum Gasteiger partial charge on any atom is 0.349 e. The first-order valence-corrected chi connectivity index (χ1v) is 14.4. The first kappa shape index (κ1) is 29.5. The quantitative estimate of drug-likeness (QED) is 0.241. The third-order valence-corrected chi connectivity index (χ3v) is 8.33. The van der Waals surface area contributed by atoms with Gasteiger partial charge in [0.2, 0.25) is 5.91 Å². The number of aliphatic hydroxyl groups is 2. The van der Waals surface area contributed by atoms with E-state index in [1.165, 1.54) is 30.2 Å². The molecule has 12 heteroatoms. The average Bonchev–Trinajstić information content (AvgIpc) is 3.70. The van der Waals surface area contributed by atoms with Gasteiger partial charge >= 0.3 is 5.63 Å². The summed E-state index contributed by atoms with van der Waals surface area (Å²) in [5.41, 5.74) is 0.168. The molecule has 1 saturated heterocycles. The fourth-order valence-electron chi connectivity index (χ4n) is 6.27. The second-order valence-corrected chi connectivity index (χ2v) is 11.0. The van der Waals surface area contributed by atoms with Crippen molar-refractivity contribution in [3.05, 3.63) is 81.2 Å². The SMILES string of the molecule is COc1cc(C=O)cc2c1O[C@@H]1[C@@H](O)[C@H](N(C[C@@H]3CCCO3)C(=O)c3cc4ccccc4oc3=O)C=C(C(=O)NCCO)[C@H]21. The number of para-hydroxylation sites is 1. The lowest BCUT2D eigenvalue weighted by molar-refractivity contribution is -0.118. The van der Waals surface area contributed by atoms with Crippen molar-refractivity contribution in [2.24, 2.45) is 0 Å². The maximum atomic E-state index is 14.2. The Morgan fingerprint density at radius 1 is 1.20 bits per heavy atom. The Labute approximate surface area is 251 Å². The molecule has 1 aliphatic carbocycles. The number of hydrogen-bond acceptors (Lipinski definition) is 10. The summed E-state index contributed by atoms with van der Waals surface area (Å²) in [4.78, 5) is 53.9. The van der Waals surface area contributed by atoms with Gasteiger partial charge in [0.05, 0.1) is 31.8 Å². The van der Waals surface area contributed by atoms with E-state index >= 15 is 0 Å². The first-order chi connectivity index (χ1) is 21.3. The maximum absolute atomic E-state index is 14.2. The molecular weight excluding hydrogens is 572 g/mol. The number of carbonyl (C=O) groups excluding carboxylic acids is 3. The molecule has 2 amide bonds. The van der Waals surface area contributed by atoms with Gasteiger partial charge in [0.1, 0.15) is 29.6 Å². The highest BCUT2D eigenvalue weighted by Crippen LogP contribution is 2.51. The van der Waals surface area contributed by atoms with Crippen LogP contribution in [0.2, 0.25) is 0 Å². The van der Waals surface area contributed by atoms with Crippen LogP contribution in [0.25, 0.3) is 11.0 Å². The Hall–Kier alpha value is -4.52. The highest BCUT2D eigenvalue weighted by atomic mass is 16.5. The molecule has 230 valence electrons. The van der Waals surface area contributed by atoms with Gasteiger partial charge in [-0.25, -0.2) is 4.79 Å². The fraction of sp³-hybridized carbons (Fsp3) is 0.375. The van der Waals surface area contributed by atoms with E-state index in [1.54, 1.807) is 30.3 Å². The second-order valence-electron chi connectivity index (χ2n) is 11.0. The Bertz CT molecular complexity index is 1690. The van der Waals surface area contributed by atoms with E-state index in [-0.39, 0.29) is 54.0 Å². The molecule has 3 N–H and O–H groups in total. The Morgan fingerprint density at radius 2 is 2.02 bits per heavy atom. The summed E-state index contributed by atoms with van der Waals surface area (Å²) >= 11 is 0. The molecule has 3 aromatic rings. The van der Waals surface area contributed by atoms with Crippen LogP contribution < -0.4 is 20.4 Å². The van der Waals surface area contributed by atoms with Crippen molar-refractivity contribution in [2.75, 3.05) is 33.4 Å². The summed E-state index contributed by atoms with van der Waals surface area (Å²) in [6, 6.07) is 10.2. The topological polar surface area (TPSA) is 165 Å². The number of methoxy groups -OCH3 is 1. The van der Waals surface area contributed by atoms with Crippen LogP contribution in [-0.4, -0.2) is 91.0 Å². The first-order valence-electron chi connectivity index (χ1n) is 14.4.